The number of hydrogen-bond acceptors (Lipinski definition) is 2. The lowest BCUT2D eigenvalue weighted by atomic mass is 10.00. The maximum Gasteiger partial charge on any atom is 0.331 e. The summed E-state index contributed by atoms with van der Waals surface area (Å²) in [5.74, 6) is -1.65. The zero-order valence-corrected chi connectivity index (χ0v) is 7.86. The Balaban J connectivity index is 2.23. The molecule has 2 rings (SSSR count). The Hall–Kier alpha value is -1.32. The van der Waals surface area contributed by atoms with E-state index in [-0.39, 0.29) is 11.8 Å². The summed E-state index contributed by atoms with van der Waals surface area (Å²) in [4.78, 5) is 21.6. The Morgan fingerprint density at radius 1 is 1.50 bits per heavy atom. The number of rotatable bonds is 2. The molecule has 2 aliphatic carbocycles. The highest BCUT2D eigenvalue weighted by Gasteiger charge is 2.66. The number of carbonyl (C=O) groups is 2. The SMILES string of the molecule is C[C@]1(C(=O)O)[C@@H]2C=C(C(=O)O)CC[C@@H]21. The molecule has 1 saturated carbocycles. The molecule has 2 N–H and O–H groups in total. The van der Waals surface area contributed by atoms with Crippen LogP contribution in [0.25, 0.3) is 0 Å². The summed E-state index contributed by atoms with van der Waals surface area (Å²) in [7, 11) is 0. The van der Waals surface area contributed by atoms with Gasteiger partial charge < -0.3 is 10.2 Å². The van der Waals surface area contributed by atoms with Crippen LogP contribution in [0.3, 0.4) is 0 Å². The lowest BCUT2D eigenvalue weighted by Crippen LogP contribution is -2.13. The first kappa shape index (κ1) is 9.24. The second kappa shape index (κ2) is 2.59. The fourth-order valence-corrected chi connectivity index (χ4v) is 2.50. The topological polar surface area (TPSA) is 74.6 Å². The van der Waals surface area contributed by atoms with E-state index in [2.05, 4.69) is 0 Å². The number of carboxylic acids is 2. The zero-order chi connectivity index (χ0) is 10.5. The maximum absolute atomic E-state index is 10.9. The lowest BCUT2D eigenvalue weighted by molar-refractivity contribution is -0.143. The molecule has 3 atom stereocenters. The van der Waals surface area contributed by atoms with Gasteiger partial charge in [-0.1, -0.05) is 6.08 Å². The van der Waals surface area contributed by atoms with Crippen molar-refractivity contribution in [3.63, 3.8) is 0 Å². The third-order valence-corrected chi connectivity index (χ3v) is 3.63. The van der Waals surface area contributed by atoms with Crippen LogP contribution in [-0.2, 0) is 9.59 Å². The quantitative estimate of drug-likeness (QED) is 0.694. The normalized spacial score (nSPS) is 39.6. The molecule has 0 saturated heterocycles. The summed E-state index contributed by atoms with van der Waals surface area (Å²) >= 11 is 0. The Morgan fingerprint density at radius 2 is 2.14 bits per heavy atom. The van der Waals surface area contributed by atoms with Crippen molar-refractivity contribution < 1.29 is 19.8 Å². The van der Waals surface area contributed by atoms with E-state index in [4.69, 9.17) is 10.2 Å². The molecule has 0 heterocycles. The summed E-state index contributed by atoms with van der Waals surface area (Å²) in [6, 6.07) is 0. The van der Waals surface area contributed by atoms with Crippen LogP contribution in [0.4, 0.5) is 0 Å². The number of fused-ring (bicyclic) bond motifs is 1. The number of hydrogen-bond donors (Lipinski definition) is 2. The van der Waals surface area contributed by atoms with Crippen LogP contribution in [0.2, 0.25) is 0 Å². The number of aliphatic carboxylic acids is 2. The van der Waals surface area contributed by atoms with Gasteiger partial charge in [-0.05, 0) is 31.6 Å². The van der Waals surface area contributed by atoms with Gasteiger partial charge in [0.25, 0.3) is 0 Å². The van der Waals surface area contributed by atoms with Gasteiger partial charge in [0, 0.05) is 5.57 Å². The van der Waals surface area contributed by atoms with Gasteiger partial charge in [0.05, 0.1) is 5.41 Å². The van der Waals surface area contributed by atoms with E-state index in [1.165, 1.54) is 0 Å². The third-order valence-electron chi connectivity index (χ3n) is 3.63. The molecule has 1 fully saturated rings. The Labute approximate surface area is 81.2 Å². The van der Waals surface area contributed by atoms with Crippen LogP contribution in [0.1, 0.15) is 19.8 Å². The van der Waals surface area contributed by atoms with Crippen molar-refractivity contribution in [3.8, 4) is 0 Å². The number of allylic oxidation sites excluding steroid dienone is 1. The largest absolute Gasteiger partial charge is 0.481 e. The summed E-state index contributed by atoms with van der Waals surface area (Å²) in [6.07, 6.45) is 2.82. The first-order valence-corrected chi connectivity index (χ1v) is 4.65. The van der Waals surface area contributed by atoms with Crippen LogP contribution in [0.5, 0.6) is 0 Å². The second-order valence-corrected chi connectivity index (χ2v) is 4.26. The molecule has 76 valence electrons. The summed E-state index contributed by atoms with van der Waals surface area (Å²) in [6.45, 7) is 1.70. The average molecular weight is 196 g/mol. The van der Waals surface area contributed by atoms with Crippen LogP contribution < -0.4 is 0 Å². The lowest BCUT2D eigenvalue weighted by Gasteiger charge is -2.05. The van der Waals surface area contributed by atoms with Crippen LogP contribution in [0.15, 0.2) is 11.6 Å². The molecular formula is C10H12O4. The van der Waals surface area contributed by atoms with E-state index in [1.807, 2.05) is 0 Å². The zero-order valence-electron chi connectivity index (χ0n) is 7.86. The Morgan fingerprint density at radius 3 is 2.64 bits per heavy atom. The van der Waals surface area contributed by atoms with Crippen molar-refractivity contribution in [2.24, 2.45) is 17.3 Å². The average Bonchev–Trinajstić information content (AvgIpc) is 2.73. The predicted octanol–water partition coefficient (Wildman–Crippen LogP) is 1.13. The molecule has 0 aromatic rings. The van der Waals surface area contributed by atoms with Crippen molar-refractivity contribution in [1.82, 2.24) is 0 Å². The fraction of sp³-hybridized carbons (Fsp3) is 0.600. The molecule has 14 heavy (non-hydrogen) atoms. The second-order valence-electron chi connectivity index (χ2n) is 4.26. The maximum atomic E-state index is 10.9. The molecule has 0 spiro atoms. The molecule has 0 bridgehead atoms. The van der Waals surface area contributed by atoms with Gasteiger partial charge in [-0.15, -0.1) is 0 Å². The van der Waals surface area contributed by atoms with Crippen LogP contribution in [0, 0.1) is 17.3 Å². The first-order valence-electron chi connectivity index (χ1n) is 4.65. The summed E-state index contributed by atoms with van der Waals surface area (Å²) < 4.78 is 0. The minimum absolute atomic E-state index is 0.0696. The highest BCUT2D eigenvalue weighted by atomic mass is 16.4. The third kappa shape index (κ3) is 0.997. The van der Waals surface area contributed by atoms with Crippen molar-refractivity contribution in [3.05, 3.63) is 11.6 Å². The molecule has 4 nitrogen and oxygen atoms in total. The van der Waals surface area contributed by atoms with Gasteiger partial charge in [0.2, 0.25) is 0 Å². The molecule has 0 amide bonds. The summed E-state index contributed by atoms with van der Waals surface area (Å²) in [5, 5.41) is 17.8. The van der Waals surface area contributed by atoms with Crippen molar-refractivity contribution >= 4 is 11.9 Å². The van der Waals surface area contributed by atoms with E-state index in [1.54, 1.807) is 13.0 Å². The van der Waals surface area contributed by atoms with E-state index >= 15 is 0 Å². The molecule has 0 aromatic carbocycles. The van der Waals surface area contributed by atoms with Gasteiger partial charge >= 0.3 is 11.9 Å². The molecule has 4 heteroatoms. The van der Waals surface area contributed by atoms with E-state index in [9.17, 15) is 9.59 Å². The van der Waals surface area contributed by atoms with E-state index in [0.717, 1.165) is 0 Å². The number of carboxylic acid groups (broad SMARTS) is 2. The van der Waals surface area contributed by atoms with Gasteiger partial charge in [0.1, 0.15) is 0 Å². The highest BCUT2D eigenvalue weighted by Crippen LogP contribution is 2.64. The van der Waals surface area contributed by atoms with Crippen molar-refractivity contribution in [2.75, 3.05) is 0 Å². The minimum Gasteiger partial charge on any atom is -0.481 e. The first-order chi connectivity index (χ1) is 6.48. The minimum atomic E-state index is -0.914. The molecule has 0 unspecified atom stereocenters. The Kier molecular flexibility index (Phi) is 1.71. The van der Waals surface area contributed by atoms with E-state index in [0.29, 0.717) is 18.4 Å². The monoisotopic (exact) mass is 196 g/mol. The molecule has 2 aliphatic rings. The van der Waals surface area contributed by atoms with Crippen LogP contribution >= 0.6 is 0 Å². The van der Waals surface area contributed by atoms with Gasteiger partial charge in [-0.3, -0.25) is 4.79 Å². The fourth-order valence-electron chi connectivity index (χ4n) is 2.50. The molecular weight excluding hydrogens is 184 g/mol. The molecule has 0 aliphatic heterocycles. The van der Waals surface area contributed by atoms with Gasteiger partial charge in [-0.2, -0.15) is 0 Å². The summed E-state index contributed by atoms with van der Waals surface area (Å²) in [5.41, 5.74) is -0.340. The smallest absolute Gasteiger partial charge is 0.331 e. The predicted molar refractivity (Wildman–Crippen MR) is 47.7 cm³/mol. The van der Waals surface area contributed by atoms with Gasteiger partial charge in [-0.25, -0.2) is 4.79 Å². The van der Waals surface area contributed by atoms with Gasteiger partial charge in [0.15, 0.2) is 0 Å². The van der Waals surface area contributed by atoms with Crippen molar-refractivity contribution in [2.45, 2.75) is 19.8 Å². The van der Waals surface area contributed by atoms with E-state index < -0.39 is 17.4 Å². The molecule has 0 radical (unpaired) electrons. The molecule has 0 aromatic heterocycles. The highest BCUT2D eigenvalue weighted by molar-refractivity contribution is 5.88. The van der Waals surface area contributed by atoms with Crippen LogP contribution in [-0.4, -0.2) is 22.2 Å². The standard InChI is InChI=1S/C10H12O4/c1-10(9(13)14)6-3-2-5(8(11)12)4-7(6)10/h4,6-7H,2-3H2,1H3,(H,11,12)(H,13,14)/t6-,7+,10+/m0/s1. The van der Waals surface area contributed by atoms with Crippen molar-refractivity contribution in [1.29, 1.82) is 0 Å². The Bertz CT molecular complexity index is 344.